The van der Waals surface area contributed by atoms with Gasteiger partial charge in [0, 0.05) is 0 Å². The minimum absolute atomic E-state index is 0.491. The average molecular weight is 236 g/mol. The van der Waals surface area contributed by atoms with Gasteiger partial charge in [-0.2, -0.15) is 0 Å². The Morgan fingerprint density at radius 2 is 1.35 bits per heavy atom. The van der Waals surface area contributed by atoms with Crippen LogP contribution in [0.4, 0.5) is 0 Å². The normalized spacial score (nSPS) is 42.2. The monoisotopic (exact) mass is 236 g/mol. The zero-order chi connectivity index (χ0) is 13.0. The van der Waals surface area contributed by atoms with E-state index in [4.69, 9.17) is 0 Å². The fourth-order valence-corrected chi connectivity index (χ4v) is 5.39. The summed E-state index contributed by atoms with van der Waals surface area (Å²) in [5.41, 5.74) is 0.987. The Morgan fingerprint density at radius 3 is 1.76 bits per heavy atom. The molecule has 0 aromatic carbocycles. The molecule has 17 heavy (non-hydrogen) atoms. The zero-order valence-electron chi connectivity index (χ0n) is 13.0. The highest BCUT2D eigenvalue weighted by molar-refractivity contribution is 5.06. The molecule has 2 fully saturated rings. The van der Waals surface area contributed by atoms with Gasteiger partial charge >= 0.3 is 0 Å². The molecule has 0 aromatic heterocycles. The molecule has 2 aliphatic rings. The van der Waals surface area contributed by atoms with Crippen molar-refractivity contribution in [2.24, 2.45) is 40.4 Å². The number of hydrogen-bond donors (Lipinski definition) is 0. The predicted molar refractivity (Wildman–Crippen MR) is 75.9 cm³/mol. The van der Waals surface area contributed by atoms with Crippen LogP contribution in [-0.4, -0.2) is 0 Å². The summed E-state index contributed by atoms with van der Waals surface area (Å²) in [6.07, 6.45) is 4.46. The van der Waals surface area contributed by atoms with E-state index in [-0.39, 0.29) is 0 Å². The molecule has 0 amide bonds. The fourth-order valence-electron chi connectivity index (χ4n) is 5.39. The van der Waals surface area contributed by atoms with Crippen molar-refractivity contribution in [1.82, 2.24) is 0 Å². The van der Waals surface area contributed by atoms with E-state index in [1.165, 1.54) is 19.3 Å². The van der Waals surface area contributed by atoms with Crippen molar-refractivity contribution < 1.29 is 0 Å². The molecule has 2 aliphatic carbocycles. The number of fused-ring (bicyclic) bond motifs is 2. The SMILES string of the molecule is CCC1CC2CC1C(C(C)(C)C)C2C(C)(C)C. The molecular formula is C17H32. The lowest BCUT2D eigenvalue weighted by molar-refractivity contribution is 0.000592. The number of rotatable bonds is 1. The summed E-state index contributed by atoms with van der Waals surface area (Å²) >= 11 is 0. The predicted octanol–water partition coefficient (Wildman–Crippen LogP) is 5.38. The van der Waals surface area contributed by atoms with E-state index in [0.29, 0.717) is 10.8 Å². The maximum Gasteiger partial charge on any atom is -0.0298 e. The van der Waals surface area contributed by atoms with Gasteiger partial charge in [0.25, 0.3) is 0 Å². The molecule has 0 aliphatic heterocycles. The lowest BCUT2D eigenvalue weighted by Crippen LogP contribution is -2.42. The molecule has 0 heteroatoms. The van der Waals surface area contributed by atoms with E-state index < -0.39 is 0 Å². The van der Waals surface area contributed by atoms with E-state index >= 15 is 0 Å². The molecule has 2 saturated carbocycles. The molecule has 2 rings (SSSR count). The van der Waals surface area contributed by atoms with Gasteiger partial charge in [0.15, 0.2) is 0 Å². The first-order valence-corrected chi connectivity index (χ1v) is 7.66. The molecule has 0 N–H and O–H groups in total. The lowest BCUT2D eigenvalue weighted by Gasteiger charge is -2.48. The lowest BCUT2D eigenvalue weighted by atomic mass is 9.57. The van der Waals surface area contributed by atoms with Crippen molar-refractivity contribution in [1.29, 1.82) is 0 Å². The molecule has 0 radical (unpaired) electrons. The van der Waals surface area contributed by atoms with Crippen molar-refractivity contribution >= 4 is 0 Å². The third-order valence-corrected chi connectivity index (χ3v) is 5.67. The van der Waals surface area contributed by atoms with Gasteiger partial charge in [-0.15, -0.1) is 0 Å². The molecule has 5 unspecified atom stereocenters. The summed E-state index contributed by atoms with van der Waals surface area (Å²) in [5, 5.41) is 0. The summed E-state index contributed by atoms with van der Waals surface area (Å²) in [6, 6.07) is 0. The molecule has 0 spiro atoms. The molecule has 0 aromatic rings. The van der Waals surface area contributed by atoms with Crippen LogP contribution in [0, 0.1) is 40.4 Å². The fraction of sp³-hybridized carbons (Fsp3) is 1.00. The Hall–Kier alpha value is 0. The Morgan fingerprint density at radius 1 is 0.824 bits per heavy atom. The van der Waals surface area contributed by atoms with Crippen LogP contribution in [0.15, 0.2) is 0 Å². The Labute approximate surface area is 109 Å². The van der Waals surface area contributed by atoms with E-state index in [2.05, 4.69) is 48.5 Å². The third kappa shape index (κ3) is 2.17. The average Bonchev–Trinajstić information content (AvgIpc) is 2.70. The first-order chi connectivity index (χ1) is 7.66. The minimum Gasteiger partial charge on any atom is -0.0651 e. The second kappa shape index (κ2) is 4.00. The minimum atomic E-state index is 0.491. The van der Waals surface area contributed by atoms with Crippen LogP contribution < -0.4 is 0 Å². The first-order valence-electron chi connectivity index (χ1n) is 7.66. The van der Waals surface area contributed by atoms with Crippen LogP contribution in [0.1, 0.15) is 67.7 Å². The van der Waals surface area contributed by atoms with E-state index in [1.807, 2.05) is 0 Å². The Balaban J connectivity index is 2.30. The highest BCUT2D eigenvalue weighted by Crippen LogP contribution is 2.64. The molecule has 0 heterocycles. The van der Waals surface area contributed by atoms with Crippen LogP contribution in [0.3, 0.4) is 0 Å². The summed E-state index contributed by atoms with van der Waals surface area (Å²) in [6.45, 7) is 17.2. The highest BCUT2D eigenvalue weighted by atomic mass is 14.6. The van der Waals surface area contributed by atoms with Crippen molar-refractivity contribution in [2.45, 2.75) is 67.7 Å². The molecule has 0 saturated heterocycles. The molecule has 5 atom stereocenters. The maximum absolute atomic E-state index is 2.48. The van der Waals surface area contributed by atoms with Gasteiger partial charge in [-0.05, 0) is 53.3 Å². The highest BCUT2D eigenvalue weighted by Gasteiger charge is 2.57. The van der Waals surface area contributed by atoms with Crippen molar-refractivity contribution in [2.75, 3.05) is 0 Å². The van der Waals surface area contributed by atoms with Crippen LogP contribution >= 0.6 is 0 Å². The second-order valence-corrected chi connectivity index (χ2v) is 8.85. The van der Waals surface area contributed by atoms with Gasteiger partial charge in [-0.25, -0.2) is 0 Å². The van der Waals surface area contributed by atoms with E-state index in [0.717, 1.165) is 29.6 Å². The van der Waals surface area contributed by atoms with Gasteiger partial charge < -0.3 is 0 Å². The van der Waals surface area contributed by atoms with Crippen molar-refractivity contribution in [3.8, 4) is 0 Å². The Kier molecular flexibility index (Phi) is 3.16. The van der Waals surface area contributed by atoms with Crippen LogP contribution in [-0.2, 0) is 0 Å². The van der Waals surface area contributed by atoms with Crippen molar-refractivity contribution in [3.05, 3.63) is 0 Å². The van der Waals surface area contributed by atoms with E-state index in [1.54, 1.807) is 0 Å². The maximum atomic E-state index is 2.48. The summed E-state index contributed by atoms with van der Waals surface area (Å²) in [5.74, 6) is 4.98. The van der Waals surface area contributed by atoms with Crippen LogP contribution in [0.5, 0.6) is 0 Å². The van der Waals surface area contributed by atoms with Crippen LogP contribution in [0.25, 0.3) is 0 Å². The van der Waals surface area contributed by atoms with Gasteiger partial charge in [0.1, 0.15) is 0 Å². The van der Waals surface area contributed by atoms with Gasteiger partial charge in [0.2, 0.25) is 0 Å². The molecular weight excluding hydrogens is 204 g/mol. The van der Waals surface area contributed by atoms with Gasteiger partial charge in [0.05, 0.1) is 0 Å². The number of hydrogen-bond acceptors (Lipinski definition) is 0. The summed E-state index contributed by atoms with van der Waals surface area (Å²) < 4.78 is 0. The third-order valence-electron chi connectivity index (χ3n) is 5.67. The second-order valence-electron chi connectivity index (χ2n) is 8.85. The smallest absolute Gasteiger partial charge is 0.0298 e. The molecule has 2 bridgehead atoms. The Bertz CT molecular complexity index is 275. The topological polar surface area (TPSA) is 0 Å². The van der Waals surface area contributed by atoms with Gasteiger partial charge in [-0.1, -0.05) is 54.9 Å². The molecule has 0 nitrogen and oxygen atoms in total. The van der Waals surface area contributed by atoms with Crippen LogP contribution in [0.2, 0.25) is 0 Å². The standard InChI is InChI=1S/C17H32/c1-8-11-9-12-10-13(11)15(17(5,6)7)14(12)16(2,3)4/h11-15H,8-10H2,1-7H3. The van der Waals surface area contributed by atoms with E-state index in [9.17, 15) is 0 Å². The molecule has 100 valence electrons. The zero-order valence-corrected chi connectivity index (χ0v) is 13.0. The first kappa shape index (κ1) is 13.4. The summed E-state index contributed by atoms with van der Waals surface area (Å²) in [4.78, 5) is 0. The quantitative estimate of drug-likeness (QED) is 0.573. The van der Waals surface area contributed by atoms with Crippen molar-refractivity contribution in [3.63, 3.8) is 0 Å². The largest absolute Gasteiger partial charge is 0.0651 e. The summed E-state index contributed by atoms with van der Waals surface area (Å²) in [7, 11) is 0. The van der Waals surface area contributed by atoms with Gasteiger partial charge in [-0.3, -0.25) is 0 Å².